The maximum Gasteiger partial charge on any atom is 0.230 e. The van der Waals surface area contributed by atoms with Gasteiger partial charge in [0.15, 0.2) is 11.0 Å². The molecule has 1 saturated heterocycles. The van der Waals surface area contributed by atoms with Crippen LogP contribution in [0.15, 0.2) is 41.1 Å². The van der Waals surface area contributed by atoms with E-state index in [0.29, 0.717) is 11.7 Å². The lowest BCUT2D eigenvalue weighted by molar-refractivity contribution is -0.118. The Bertz CT molecular complexity index is 952. The van der Waals surface area contributed by atoms with Crippen molar-refractivity contribution in [2.24, 2.45) is 0 Å². The first-order valence-electron chi connectivity index (χ1n) is 12.1. The van der Waals surface area contributed by atoms with E-state index >= 15 is 0 Å². The number of aromatic nitrogens is 3. The smallest absolute Gasteiger partial charge is 0.230 e. The fraction of sp³-hybridized carbons (Fsp3) is 0.560. The number of hydrogen-bond acceptors (Lipinski definition) is 5. The molecule has 1 N–H and O–H groups in total. The predicted molar refractivity (Wildman–Crippen MR) is 130 cm³/mol. The number of nitrogens with one attached hydrogen (secondary N) is 1. The van der Waals surface area contributed by atoms with Crippen molar-refractivity contribution in [2.75, 3.05) is 25.4 Å². The number of likely N-dealkylation sites (tertiary alicyclic amines) is 1. The summed E-state index contributed by atoms with van der Waals surface area (Å²) >= 11 is 1.38. The molecule has 1 amide bonds. The van der Waals surface area contributed by atoms with Crippen molar-refractivity contribution in [3.05, 3.63) is 47.6 Å². The monoisotopic (exact) mass is 471 g/mol. The maximum absolute atomic E-state index is 13.6. The normalized spacial score (nSPS) is 18.1. The van der Waals surface area contributed by atoms with E-state index in [4.69, 9.17) is 0 Å². The van der Waals surface area contributed by atoms with E-state index < -0.39 is 0 Å². The van der Waals surface area contributed by atoms with E-state index in [2.05, 4.69) is 33.4 Å². The molecular formula is C25H34FN5OS. The van der Waals surface area contributed by atoms with E-state index in [0.717, 1.165) is 43.9 Å². The first-order chi connectivity index (χ1) is 16.1. The van der Waals surface area contributed by atoms with E-state index in [1.54, 1.807) is 12.1 Å². The van der Waals surface area contributed by atoms with Crippen LogP contribution in [-0.4, -0.2) is 51.0 Å². The quantitative estimate of drug-likeness (QED) is 0.409. The van der Waals surface area contributed by atoms with Crippen molar-refractivity contribution in [2.45, 2.75) is 69.5 Å². The lowest BCUT2D eigenvalue weighted by Gasteiger charge is -2.31. The second-order valence-corrected chi connectivity index (χ2v) is 9.86. The highest BCUT2D eigenvalue weighted by Gasteiger charge is 2.25. The Morgan fingerprint density at radius 3 is 2.64 bits per heavy atom. The van der Waals surface area contributed by atoms with Gasteiger partial charge in [-0.25, -0.2) is 4.39 Å². The average molecular weight is 472 g/mol. The van der Waals surface area contributed by atoms with Crippen molar-refractivity contribution in [1.82, 2.24) is 25.0 Å². The van der Waals surface area contributed by atoms with Gasteiger partial charge in [-0.15, -0.1) is 10.2 Å². The lowest BCUT2D eigenvalue weighted by Crippen LogP contribution is -2.33. The molecule has 1 aliphatic carbocycles. The molecule has 0 bridgehead atoms. The summed E-state index contributed by atoms with van der Waals surface area (Å²) < 4.78 is 15.6. The molecule has 1 aliphatic heterocycles. The van der Waals surface area contributed by atoms with Gasteiger partial charge in [0.05, 0.1) is 11.8 Å². The van der Waals surface area contributed by atoms with Crippen LogP contribution in [0.1, 0.15) is 70.2 Å². The SMILES string of the molecule is C[C@@H](c1nnc(SCC(=O)NCCC2=CCCCC2)n1-c1ccc(F)cc1)N1CCCCC1. The number of piperidine rings is 1. The largest absolute Gasteiger partial charge is 0.355 e. The number of hydrogen-bond donors (Lipinski definition) is 1. The molecule has 4 rings (SSSR count). The molecule has 2 aliphatic rings. The van der Waals surface area contributed by atoms with Gasteiger partial charge in [-0.2, -0.15) is 0 Å². The molecule has 178 valence electrons. The highest BCUT2D eigenvalue weighted by molar-refractivity contribution is 7.99. The van der Waals surface area contributed by atoms with Crippen LogP contribution in [0.25, 0.3) is 5.69 Å². The number of thioether (sulfide) groups is 1. The minimum Gasteiger partial charge on any atom is -0.355 e. The van der Waals surface area contributed by atoms with E-state index in [-0.39, 0.29) is 23.5 Å². The second-order valence-electron chi connectivity index (χ2n) is 8.92. The second kappa shape index (κ2) is 11.8. The average Bonchev–Trinajstić information content (AvgIpc) is 3.28. The predicted octanol–water partition coefficient (Wildman–Crippen LogP) is 5.05. The molecule has 0 radical (unpaired) electrons. The molecule has 6 nitrogen and oxygen atoms in total. The van der Waals surface area contributed by atoms with Gasteiger partial charge in [0.2, 0.25) is 5.91 Å². The summed E-state index contributed by atoms with van der Waals surface area (Å²) in [6.45, 7) is 4.90. The van der Waals surface area contributed by atoms with Crippen LogP contribution in [-0.2, 0) is 4.79 Å². The number of rotatable bonds is 9. The minimum absolute atomic E-state index is 0.00399. The zero-order valence-corrected chi connectivity index (χ0v) is 20.2. The molecular weight excluding hydrogens is 437 g/mol. The summed E-state index contributed by atoms with van der Waals surface area (Å²) in [5.41, 5.74) is 2.27. The Hall–Kier alpha value is -2.19. The van der Waals surface area contributed by atoms with Crippen molar-refractivity contribution in [3.8, 4) is 5.69 Å². The van der Waals surface area contributed by atoms with Crippen LogP contribution in [0.4, 0.5) is 4.39 Å². The van der Waals surface area contributed by atoms with Gasteiger partial charge in [-0.3, -0.25) is 14.3 Å². The van der Waals surface area contributed by atoms with Crippen LogP contribution in [0.2, 0.25) is 0 Å². The number of amides is 1. The number of benzene rings is 1. The first-order valence-corrected chi connectivity index (χ1v) is 13.1. The summed E-state index contributed by atoms with van der Waals surface area (Å²) in [4.78, 5) is 14.9. The Kier molecular flexibility index (Phi) is 8.56. The van der Waals surface area contributed by atoms with Gasteiger partial charge < -0.3 is 5.32 Å². The van der Waals surface area contributed by atoms with Crippen LogP contribution in [0.5, 0.6) is 0 Å². The summed E-state index contributed by atoms with van der Waals surface area (Å²) in [6.07, 6.45) is 11.7. The standard InChI is InChI=1S/C25H34FN5OS/c1-19(30-16-6-3-7-17-30)24-28-29-25(31(24)22-12-10-21(26)11-13-22)33-18-23(32)27-15-14-20-8-4-2-5-9-20/h8,10-13,19H,2-7,9,14-18H2,1H3,(H,27,32)/t19-/m0/s1. The maximum atomic E-state index is 13.6. The number of carbonyl (C=O) groups excluding carboxylic acids is 1. The summed E-state index contributed by atoms with van der Waals surface area (Å²) in [6, 6.07) is 6.48. The topological polar surface area (TPSA) is 63.1 Å². The van der Waals surface area contributed by atoms with Gasteiger partial charge in [-0.05, 0) is 89.2 Å². The molecule has 2 aromatic rings. The molecule has 0 unspecified atom stereocenters. The fourth-order valence-electron chi connectivity index (χ4n) is 4.62. The number of halogens is 1. The highest BCUT2D eigenvalue weighted by Crippen LogP contribution is 2.29. The number of nitrogens with zero attached hydrogens (tertiary/aromatic N) is 4. The van der Waals surface area contributed by atoms with E-state index in [9.17, 15) is 9.18 Å². The fourth-order valence-corrected chi connectivity index (χ4v) is 5.41. The Morgan fingerprint density at radius 1 is 1.12 bits per heavy atom. The van der Waals surface area contributed by atoms with Crippen molar-refractivity contribution in [1.29, 1.82) is 0 Å². The number of allylic oxidation sites excluding steroid dienone is 1. The van der Waals surface area contributed by atoms with Gasteiger partial charge in [0, 0.05) is 12.2 Å². The Labute approximate surface area is 200 Å². The Morgan fingerprint density at radius 2 is 1.91 bits per heavy atom. The molecule has 1 aromatic carbocycles. The molecule has 1 fully saturated rings. The molecule has 2 heterocycles. The van der Waals surface area contributed by atoms with Crippen molar-refractivity contribution in [3.63, 3.8) is 0 Å². The Balaban J connectivity index is 1.43. The van der Waals surface area contributed by atoms with Crippen molar-refractivity contribution >= 4 is 17.7 Å². The van der Waals surface area contributed by atoms with Gasteiger partial charge in [-0.1, -0.05) is 29.8 Å². The van der Waals surface area contributed by atoms with Crippen LogP contribution < -0.4 is 5.32 Å². The molecule has 1 atom stereocenters. The van der Waals surface area contributed by atoms with E-state index in [1.807, 2.05) is 4.57 Å². The summed E-state index contributed by atoms with van der Waals surface area (Å²) in [5.74, 6) is 0.821. The van der Waals surface area contributed by atoms with Crippen LogP contribution in [0.3, 0.4) is 0 Å². The van der Waals surface area contributed by atoms with Crippen LogP contribution >= 0.6 is 11.8 Å². The molecule has 0 saturated carbocycles. The zero-order valence-electron chi connectivity index (χ0n) is 19.4. The highest BCUT2D eigenvalue weighted by atomic mass is 32.2. The van der Waals surface area contributed by atoms with Crippen LogP contribution in [0, 0.1) is 5.82 Å². The third kappa shape index (κ3) is 6.44. The van der Waals surface area contributed by atoms with Crippen molar-refractivity contribution < 1.29 is 9.18 Å². The van der Waals surface area contributed by atoms with Gasteiger partial charge in [0.25, 0.3) is 0 Å². The third-order valence-electron chi connectivity index (χ3n) is 6.54. The molecule has 33 heavy (non-hydrogen) atoms. The zero-order chi connectivity index (χ0) is 23.0. The molecule has 8 heteroatoms. The number of carbonyl (C=O) groups is 1. The summed E-state index contributed by atoms with van der Waals surface area (Å²) in [5, 5.41) is 12.6. The van der Waals surface area contributed by atoms with Gasteiger partial charge >= 0.3 is 0 Å². The molecule has 0 spiro atoms. The minimum atomic E-state index is -0.279. The summed E-state index contributed by atoms with van der Waals surface area (Å²) in [7, 11) is 0. The third-order valence-corrected chi connectivity index (χ3v) is 7.47. The lowest BCUT2D eigenvalue weighted by atomic mass is 9.97. The van der Waals surface area contributed by atoms with E-state index in [1.165, 1.54) is 61.6 Å². The van der Waals surface area contributed by atoms with Gasteiger partial charge in [0.1, 0.15) is 5.82 Å². The first kappa shape index (κ1) is 24.0. The molecule has 1 aromatic heterocycles.